The summed E-state index contributed by atoms with van der Waals surface area (Å²) < 4.78 is 1.06. The number of carbonyl (C=O) groups is 1. The second-order valence-corrected chi connectivity index (χ2v) is 3.55. The van der Waals surface area contributed by atoms with E-state index in [2.05, 4.69) is 22.6 Å². The van der Waals surface area contributed by atoms with Gasteiger partial charge in [0.15, 0.2) is 0 Å². The minimum absolute atomic E-state index is 0.392. The molecule has 0 aliphatic heterocycles. The van der Waals surface area contributed by atoms with Crippen LogP contribution in [-0.2, 0) is 4.79 Å². The Hall–Kier alpha value is -0.620. The molecule has 4 heteroatoms. The summed E-state index contributed by atoms with van der Waals surface area (Å²) >= 11 is 2.15. The molecule has 0 unspecified atom stereocenters. The van der Waals surface area contributed by atoms with Crippen molar-refractivity contribution in [1.29, 1.82) is 0 Å². The highest BCUT2D eigenvalue weighted by molar-refractivity contribution is 14.1. The lowest BCUT2D eigenvalue weighted by Gasteiger charge is -2.11. The van der Waals surface area contributed by atoms with Crippen LogP contribution in [0, 0.1) is 3.57 Å². The molecule has 0 aliphatic carbocycles. The third kappa shape index (κ3) is 2.18. The summed E-state index contributed by atoms with van der Waals surface area (Å²) in [4.78, 5) is 10.7. The van der Waals surface area contributed by atoms with Crippen molar-refractivity contribution in [3.05, 3.63) is 27.8 Å². The van der Waals surface area contributed by atoms with Gasteiger partial charge in [0.25, 0.3) is 0 Å². The van der Waals surface area contributed by atoms with Crippen LogP contribution in [-0.4, -0.2) is 11.1 Å². The lowest BCUT2D eigenvalue weighted by Crippen LogP contribution is -2.23. The van der Waals surface area contributed by atoms with Crippen LogP contribution in [0.4, 0.5) is 5.69 Å². The van der Waals surface area contributed by atoms with Crippen molar-refractivity contribution in [2.24, 2.45) is 0 Å². The third-order valence-corrected chi connectivity index (χ3v) is 2.09. The van der Waals surface area contributed by atoms with E-state index in [4.69, 9.17) is 0 Å². The largest absolute Gasteiger partial charge is 0.281 e. The van der Waals surface area contributed by atoms with Crippen molar-refractivity contribution in [3.63, 3.8) is 0 Å². The number of benzene rings is 1. The molecular weight excluding hydrogens is 269 g/mol. The molecule has 0 aliphatic rings. The van der Waals surface area contributed by atoms with E-state index in [1.165, 1.54) is 6.92 Å². The first-order valence-electron chi connectivity index (χ1n) is 3.36. The standard InChI is InChI=1S/C8H8INO2/c1-6(11)10(12)8-4-2-7(9)3-5-8/h2-5,12H,1H3. The predicted molar refractivity (Wildman–Crippen MR) is 54.1 cm³/mol. The summed E-state index contributed by atoms with van der Waals surface area (Å²) in [6.07, 6.45) is 0. The molecular formula is C8H8INO2. The third-order valence-electron chi connectivity index (χ3n) is 1.37. The Kier molecular flexibility index (Phi) is 3.05. The van der Waals surface area contributed by atoms with E-state index >= 15 is 0 Å². The number of halogens is 1. The molecule has 1 aromatic rings. The Morgan fingerprint density at radius 2 is 1.92 bits per heavy atom. The quantitative estimate of drug-likeness (QED) is 0.485. The number of nitrogens with zero attached hydrogens (tertiary/aromatic N) is 1. The molecule has 0 aromatic heterocycles. The van der Waals surface area contributed by atoms with Gasteiger partial charge in [-0.2, -0.15) is 5.06 Å². The van der Waals surface area contributed by atoms with Gasteiger partial charge in [-0.25, -0.2) is 0 Å². The maximum Gasteiger partial charge on any atom is 0.247 e. The zero-order valence-electron chi connectivity index (χ0n) is 6.49. The number of hydrogen-bond donors (Lipinski definition) is 1. The van der Waals surface area contributed by atoms with Crippen LogP contribution >= 0.6 is 22.6 Å². The zero-order valence-corrected chi connectivity index (χ0v) is 8.65. The molecule has 3 nitrogen and oxygen atoms in total. The van der Waals surface area contributed by atoms with Crippen LogP contribution in [0.25, 0.3) is 0 Å². The van der Waals surface area contributed by atoms with Gasteiger partial charge in [0.1, 0.15) is 0 Å². The van der Waals surface area contributed by atoms with E-state index in [0.29, 0.717) is 10.8 Å². The fraction of sp³-hybridized carbons (Fsp3) is 0.125. The van der Waals surface area contributed by atoms with Gasteiger partial charge in [-0.05, 0) is 46.9 Å². The molecule has 0 spiro atoms. The second-order valence-electron chi connectivity index (χ2n) is 2.31. The summed E-state index contributed by atoms with van der Waals surface area (Å²) in [5.74, 6) is -0.392. The summed E-state index contributed by atoms with van der Waals surface area (Å²) in [5.41, 5.74) is 0.489. The van der Waals surface area contributed by atoms with E-state index in [1.54, 1.807) is 12.1 Å². The number of hydrogen-bond acceptors (Lipinski definition) is 2. The summed E-state index contributed by atoms with van der Waals surface area (Å²) in [6, 6.07) is 7.01. The molecule has 0 saturated carbocycles. The van der Waals surface area contributed by atoms with Crippen LogP contribution in [0.5, 0.6) is 0 Å². The van der Waals surface area contributed by atoms with Crippen LogP contribution in [0.15, 0.2) is 24.3 Å². The van der Waals surface area contributed by atoms with Gasteiger partial charge in [0.2, 0.25) is 5.91 Å². The topological polar surface area (TPSA) is 40.5 Å². The van der Waals surface area contributed by atoms with Crippen molar-refractivity contribution < 1.29 is 10.0 Å². The number of rotatable bonds is 1. The molecule has 1 aromatic carbocycles. The maximum atomic E-state index is 10.7. The molecule has 12 heavy (non-hydrogen) atoms. The normalized spacial score (nSPS) is 9.58. The number of hydroxylamine groups is 1. The molecule has 1 rings (SSSR count). The lowest BCUT2D eigenvalue weighted by molar-refractivity contribution is -0.121. The van der Waals surface area contributed by atoms with Crippen molar-refractivity contribution in [2.75, 3.05) is 5.06 Å². The Labute approximate surface area is 84.1 Å². The first-order chi connectivity index (χ1) is 5.61. The minimum atomic E-state index is -0.392. The molecule has 64 valence electrons. The Morgan fingerprint density at radius 1 is 1.42 bits per heavy atom. The van der Waals surface area contributed by atoms with Crippen molar-refractivity contribution in [3.8, 4) is 0 Å². The van der Waals surface area contributed by atoms with Crippen LogP contribution in [0.1, 0.15) is 6.92 Å². The minimum Gasteiger partial charge on any atom is -0.281 e. The number of carbonyl (C=O) groups excluding carboxylic acids is 1. The molecule has 1 N–H and O–H groups in total. The van der Waals surface area contributed by atoms with Crippen LogP contribution < -0.4 is 5.06 Å². The maximum absolute atomic E-state index is 10.7. The highest BCUT2D eigenvalue weighted by Crippen LogP contribution is 2.14. The number of amides is 1. The molecule has 0 radical (unpaired) electrons. The van der Waals surface area contributed by atoms with Gasteiger partial charge in [-0.1, -0.05) is 0 Å². The van der Waals surface area contributed by atoms with E-state index in [9.17, 15) is 10.0 Å². The fourth-order valence-corrected chi connectivity index (χ4v) is 1.12. The summed E-state index contributed by atoms with van der Waals surface area (Å²) in [7, 11) is 0. The highest BCUT2D eigenvalue weighted by atomic mass is 127. The van der Waals surface area contributed by atoms with Gasteiger partial charge >= 0.3 is 0 Å². The predicted octanol–water partition coefficient (Wildman–Crippen LogP) is 2.03. The monoisotopic (exact) mass is 277 g/mol. The van der Waals surface area contributed by atoms with E-state index in [1.807, 2.05) is 12.1 Å². The molecule has 0 heterocycles. The van der Waals surface area contributed by atoms with Crippen molar-refractivity contribution >= 4 is 34.2 Å². The first kappa shape index (κ1) is 9.47. The average molecular weight is 277 g/mol. The molecule has 0 bridgehead atoms. The molecule has 0 fully saturated rings. The van der Waals surface area contributed by atoms with Gasteiger partial charge in [-0.15, -0.1) is 0 Å². The van der Waals surface area contributed by atoms with E-state index in [-0.39, 0.29) is 0 Å². The van der Waals surface area contributed by atoms with Gasteiger partial charge in [0.05, 0.1) is 5.69 Å². The van der Waals surface area contributed by atoms with Gasteiger partial charge in [-0.3, -0.25) is 10.0 Å². The van der Waals surface area contributed by atoms with E-state index in [0.717, 1.165) is 3.57 Å². The van der Waals surface area contributed by atoms with Crippen LogP contribution in [0.3, 0.4) is 0 Å². The SMILES string of the molecule is CC(=O)N(O)c1ccc(I)cc1. The molecule has 0 saturated heterocycles. The van der Waals surface area contributed by atoms with Gasteiger partial charge < -0.3 is 0 Å². The fourth-order valence-electron chi connectivity index (χ4n) is 0.764. The summed E-state index contributed by atoms with van der Waals surface area (Å²) in [6.45, 7) is 1.30. The van der Waals surface area contributed by atoms with Gasteiger partial charge in [0, 0.05) is 10.5 Å². The second kappa shape index (κ2) is 3.86. The van der Waals surface area contributed by atoms with E-state index < -0.39 is 5.91 Å². The molecule has 0 atom stereocenters. The summed E-state index contributed by atoms with van der Waals surface area (Å²) in [5, 5.41) is 9.79. The van der Waals surface area contributed by atoms with Crippen LogP contribution in [0.2, 0.25) is 0 Å². The first-order valence-corrected chi connectivity index (χ1v) is 4.44. The van der Waals surface area contributed by atoms with Crippen molar-refractivity contribution in [1.82, 2.24) is 0 Å². The molecule has 1 amide bonds. The zero-order chi connectivity index (χ0) is 9.14. The lowest BCUT2D eigenvalue weighted by atomic mass is 10.3. The number of anilines is 1. The highest BCUT2D eigenvalue weighted by Gasteiger charge is 2.06. The smallest absolute Gasteiger partial charge is 0.247 e. The Morgan fingerprint density at radius 3 is 2.33 bits per heavy atom. The Balaban J connectivity index is 2.89. The average Bonchev–Trinajstić information content (AvgIpc) is 2.04. The van der Waals surface area contributed by atoms with Crippen molar-refractivity contribution in [2.45, 2.75) is 6.92 Å². The Bertz CT molecular complexity index is 284.